The summed E-state index contributed by atoms with van der Waals surface area (Å²) in [5.41, 5.74) is 1.27. The number of esters is 2. The van der Waals surface area contributed by atoms with E-state index in [4.69, 9.17) is 14.2 Å². The minimum absolute atomic E-state index is 0.239. The van der Waals surface area contributed by atoms with E-state index in [2.05, 4.69) is 0 Å². The number of hydrogen-bond donors (Lipinski definition) is 0. The van der Waals surface area contributed by atoms with Crippen molar-refractivity contribution in [2.45, 2.75) is 33.6 Å². The van der Waals surface area contributed by atoms with Gasteiger partial charge in [-0.25, -0.2) is 4.79 Å². The smallest absolute Gasteiger partial charge is 0.341 e. The van der Waals surface area contributed by atoms with Crippen LogP contribution in [0.2, 0.25) is 0 Å². The van der Waals surface area contributed by atoms with Crippen molar-refractivity contribution in [3.63, 3.8) is 0 Å². The van der Waals surface area contributed by atoms with Crippen LogP contribution >= 0.6 is 0 Å². The molecular weight excluding hydrogens is 272 g/mol. The summed E-state index contributed by atoms with van der Waals surface area (Å²) < 4.78 is 15.5. The highest BCUT2D eigenvalue weighted by Crippen LogP contribution is 2.24. The number of benzene rings is 1. The Bertz CT molecular complexity index is 482. The van der Waals surface area contributed by atoms with Crippen LogP contribution in [-0.2, 0) is 14.3 Å². The number of carbonyl (C=O) groups excluding carboxylic acids is 2. The summed E-state index contributed by atoms with van der Waals surface area (Å²) in [5.74, 6) is -0.127. The molecule has 0 aliphatic heterocycles. The van der Waals surface area contributed by atoms with E-state index in [0.717, 1.165) is 5.56 Å². The van der Waals surface area contributed by atoms with E-state index in [-0.39, 0.29) is 5.97 Å². The zero-order valence-corrected chi connectivity index (χ0v) is 12.8. The molecule has 0 atom stereocenters. The zero-order valence-electron chi connectivity index (χ0n) is 12.8. The third-order valence-electron chi connectivity index (χ3n) is 2.78. The molecule has 0 amide bonds. The van der Waals surface area contributed by atoms with Crippen molar-refractivity contribution >= 4 is 11.9 Å². The summed E-state index contributed by atoms with van der Waals surface area (Å²) in [4.78, 5) is 23.1. The largest absolute Gasteiger partial charge is 0.492 e. The molecule has 0 radical (unpaired) electrons. The second-order valence-electron chi connectivity index (χ2n) is 4.43. The second kappa shape index (κ2) is 9.00. The van der Waals surface area contributed by atoms with Crippen LogP contribution in [0.25, 0.3) is 0 Å². The minimum Gasteiger partial charge on any atom is -0.492 e. The first-order valence-electron chi connectivity index (χ1n) is 7.15. The van der Waals surface area contributed by atoms with Crippen LogP contribution in [-0.4, -0.2) is 31.8 Å². The van der Waals surface area contributed by atoms with Crippen molar-refractivity contribution in [2.75, 3.05) is 19.8 Å². The zero-order chi connectivity index (χ0) is 15.7. The highest BCUT2D eigenvalue weighted by atomic mass is 16.5. The number of rotatable bonds is 8. The molecule has 5 heteroatoms. The minimum atomic E-state index is -0.401. The van der Waals surface area contributed by atoms with E-state index in [1.165, 1.54) is 0 Å². The summed E-state index contributed by atoms with van der Waals surface area (Å²) in [5, 5.41) is 0. The maximum Gasteiger partial charge on any atom is 0.341 e. The van der Waals surface area contributed by atoms with Gasteiger partial charge in [0, 0.05) is 6.42 Å². The Morgan fingerprint density at radius 1 is 1.10 bits per heavy atom. The molecule has 0 heterocycles. The lowest BCUT2D eigenvalue weighted by atomic mass is 10.1. The lowest BCUT2D eigenvalue weighted by Gasteiger charge is -2.13. The molecule has 0 saturated heterocycles. The van der Waals surface area contributed by atoms with Crippen LogP contribution in [0.4, 0.5) is 0 Å². The number of hydrogen-bond acceptors (Lipinski definition) is 5. The van der Waals surface area contributed by atoms with Gasteiger partial charge in [-0.05, 0) is 38.8 Å². The average molecular weight is 294 g/mol. The molecule has 0 bridgehead atoms. The molecule has 5 nitrogen and oxygen atoms in total. The highest BCUT2D eigenvalue weighted by Gasteiger charge is 2.15. The first-order chi connectivity index (χ1) is 10.1. The molecule has 0 saturated carbocycles. The summed E-state index contributed by atoms with van der Waals surface area (Å²) in [7, 11) is 0. The first-order valence-corrected chi connectivity index (χ1v) is 7.15. The van der Waals surface area contributed by atoms with Gasteiger partial charge in [0.2, 0.25) is 0 Å². The Kier molecular flexibility index (Phi) is 7.29. The van der Waals surface area contributed by atoms with E-state index in [9.17, 15) is 9.59 Å². The van der Waals surface area contributed by atoms with Crippen LogP contribution in [0.1, 0.15) is 42.6 Å². The van der Waals surface area contributed by atoms with Gasteiger partial charge in [-0.3, -0.25) is 4.79 Å². The van der Waals surface area contributed by atoms with Gasteiger partial charge in [-0.1, -0.05) is 12.1 Å². The molecule has 0 fully saturated rings. The summed E-state index contributed by atoms with van der Waals surface area (Å²) in [6.07, 6.45) is 0.837. The predicted octanol–water partition coefficient (Wildman–Crippen LogP) is 2.89. The van der Waals surface area contributed by atoms with Gasteiger partial charge in [0.25, 0.3) is 0 Å². The quantitative estimate of drug-likeness (QED) is 0.545. The van der Waals surface area contributed by atoms with Crippen LogP contribution < -0.4 is 4.74 Å². The van der Waals surface area contributed by atoms with Crippen LogP contribution in [0.15, 0.2) is 18.2 Å². The summed E-state index contributed by atoms with van der Waals surface area (Å²) >= 11 is 0. The topological polar surface area (TPSA) is 61.8 Å². The Morgan fingerprint density at radius 2 is 1.81 bits per heavy atom. The van der Waals surface area contributed by atoms with E-state index >= 15 is 0 Å². The Hall–Kier alpha value is -2.04. The molecule has 0 N–H and O–H groups in total. The summed E-state index contributed by atoms with van der Waals surface area (Å²) in [6, 6.07) is 5.32. The molecule has 0 aliphatic carbocycles. The monoisotopic (exact) mass is 294 g/mol. The molecule has 0 spiro atoms. The fourth-order valence-electron chi connectivity index (χ4n) is 1.84. The number of aryl methyl sites for hydroxylation is 1. The van der Waals surface area contributed by atoms with Crippen LogP contribution in [0.3, 0.4) is 0 Å². The predicted molar refractivity (Wildman–Crippen MR) is 78.5 cm³/mol. The molecule has 1 rings (SSSR count). The molecule has 0 aliphatic rings. The molecule has 1 aromatic rings. The lowest BCUT2D eigenvalue weighted by molar-refractivity contribution is -0.143. The van der Waals surface area contributed by atoms with E-state index < -0.39 is 5.97 Å². The second-order valence-corrected chi connectivity index (χ2v) is 4.43. The van der Waals surface area contributed by atoms with Gasteiger partial charge >= 0.3 is 11.9 Å². The molecule has 0 aromatic heterocycles. The van der Waals surface area contributed by atoms with Crippen molar-refractivity contribution in [3.05, 3.63) is 29.3 Å². The fourth-order valence-corrected chi connectivity index (χ4v) is 1.84. The average Bonchev–Trinajstić information content (AvgIpc) is 2.45. The van der Waals surface area contributed by atoms with Gasteiger partial charge in [0.15, 0.2) is 0 Å². The van der Waals surface area contributed by atoms with Gasteiger partial charge in [-0.2, -0.15) is 0 Å². The normalized spacial score (nSPS) is 10.0. The van der Waals surface area contributed by atoms with Gasteiger partial charge in [0.05, 0.1) is 19.8 Å². The Balaban J connectivity index is 2.61. The third-order valence-corrected chi connectivity index (χ3v) is 2.78. The fraction of sp³-hybridized carbons (Fsp3) is 0.500. The molecular formula is C16H22O5. The van der Waals surface area contributed by atoms with Gasteiger partial charge in [-0.15, -0.1) is 0 Å². The number of carbonyl (C=O) groups is 2. The third kappa shape index (κ3) is 5.45. The van der Waals surface area contributed by atoms with Crippen molar-refractivity contribution in [2.24, 2.45) is 0 Å². The van der Waals surface area contributed by atoms with Gasteiger partial charge in [0.1, 0.15) is 11.3 Å². The van der Waals surface area contributed by atoms with E-state index in [1.54, 1.807) is 26.0 Å². The lowest BCUT2D eigenvalue weighted by Crippen LogP contribution is -2.11. The molecule has 0 unspecified atom stereocenters. The first kappa shape index (κ1) is 17.0. The molecule has 116 valence electrons. The number of para-hydroxylation sites is 1. The van der Waals surface area contributed by atoms with Crippen molar-refractivity contribution < 1.29 is 23.8 Å². The molecule has 1 aromatic carbocycles. The van der Waals surface area contributed by atoms with Crippen LogP contribution in [0, 0.1) is 6.92 Å². The maximum atomic E-state index is 11.9. The van der Waals surface area contributed by atoms with Crippen molar-refractivity contribution in [3.8, 4) is 5.75 Å². The van der Waals surface area contributed by atoms with Gasteiger partial charge < -0.3 is 14.2 Å². The van der Waals surface area contributed by atoms with Crippen LogP contribution in [0.5, 0.6) is 5.75 Å². The van der Waals surface area contributed by atoms with E-state index in [0.29, 0.717) is 44.0 Å². The maximum absolute atomic E-state index is 11.9. The highest BCUT2D eigenvalue weighted by molar-refractivity contribution is 5.93. The Morgan fingerprint density at radius 3 is 2.48 bits per heavy atom. The Labute approximate surface area is 125 Å². The number of ether oxygens (including phenoxy) is 3. The standard InChI is InChI=1S/C16H22O5/c1-4-19-14(17)10-7-11-21-15-12(3)8-6-9-13(15)16(18)20-5-2/h6,8-9H,4-5,7,10-11H2,1-3H3. The van der Waals surface area contributed by atoms with E-state index in [1.807, 2.05) is 13.0 Å². The summed E-state index contributed by atoms with van der Waals surface area (Å²) in [6.45, 7) is 6.43. The SMILES string of the molecule is CCOC(=O)CCCOc1c(C)cccc1C(=O)OCC. The van der Waals surface area contributed by atoms with Crippen molar-refractivity contribution in [1.29, 1.82) is 0 Å². The van der Waals surface area contributed by atoms with Crippen molar-refractivity contribution in [1.82, 2.24) is 0 Å². The molecule has 21 heavy (non-hydrogen) atoms.